The van der Waals surface area contributed by atoms with Gasteiger partial charge >= 0.3 is 5.97 Å². The molecule has 0 aromatic carbocycles. The Bertz CT molecular complexity index is 377. The molecule has 0 bridgehead atoms. The highest BCUT2D eigenvalue weighted by atomic mass is 16.5. The zero-order valence-corrected chi connectivity index (χ0v) is 9.12. The fraction of sp³-hybridized carbons (Fsp3) is 0.556. The molecule has 7 heteroatoms. The van der Waals surface area contributed by atoms with Crippen LogP contribution in [0.25, 0.3) is 0 Å². The van der Waals surface area contributed by atoms with Crippen LogP contribution in [0.4, 0.5) is 0 Å². The monoisotopic (exact) mass is 229 g/mol. The number of ether oxygens (including phenoxy) is 1. The third-order valence-electron chi connectivity index (χ3n) is 2.17. The molecule has 0 aliphatic heterocycles. The Hall–Kier alpha value is -1.44. The molecule has 0 spiro atoms. The van der Waals surface area contributed by atoms with Gasteiger partial charge in [-0.1, -0.05) is 0 Å². The van der Waals surface area contributed by atoms with Crippen molar-refractivity contribution in [2.45, 2.75) is 12.2 Å². The molecule has 16 heavy (non-hydrogen) atoms. The fourth-order valence-electron chi connectivity index (χ4n) is 1.24. The van der Waals surface area contributed by atoms with Gasteiger partial charge in [-0.15, -0.1) is 0 Å². The second kappa shape index (κ2) is 5.06. The lowest BCUT2D eigenvalue weighted by molar-refractivity contribution is 0.0217. The van der Waals surface area contributed by atoms with E-state index in [1.165, 1.54) is 17.9 Å². The standard InChI is InChI=1S/C9H15N3O4/c1-12-4-5(7(14)6(13)3-10)11-8(12)9(15)16-2/h4,6-7,13-14H,3,10H2,1-2H3. The molecule has 1 aromatic heterocycles. The first-order valence-corrected chi connectivity index (χ1v) is 4.69. The Morgan fingerprint density at radius 2 is 2.31 bits per heavy atom. The van der Waals surface area contributed by atoms with Gasteiger partial charge in [-0.25, -0.2) is 9.78 Å². The van der Waals surface area contributed by atoms with Crippen molar-refractivity contribution in [2.75, 3.05) is 13.7 Å². The van der Waals surface area contributed by atoms with E-state index in [1.807, 2.05) is 0 Å². The van der Waals surface area contributed by atoms with Crippen molar-refractivity contribution < 1.29 is 19.7 Å². The van der Waals surface area contributed by atoms with Crippen LogP contribution in [0.3, 0.4) is 0 Å². The second-order valence-corrected chi connectivity index (χ2v) is 3.34. The molecule has 0 amide bonds. The van der Waals surface area contributed by atoms with Gasteiger partial charge < -0.3 is 25.3 Å². The van der Waals surface area contributed by atoms with Crippen LogP contribution in [0.1, 0.15) is 22.4 Å². The summed E-state index contributed by atoms with van der Waals surface area (Å²) in [5, 5.41) is 19.0. The molecule has 90 valence electrons. The zero-order chi connectivity index (χ0) is 12.3. The second-order valence-electron chi connectivity index (χ2n) is 3.34. The molecule has 0 aliphatic rings. The number of carbonyl (C=O) groups excluding carboxylic acids is 1. The van der Waals surface area contributed by atoms with Crippen molar-refractivity contribution in [3.63, 3.8) is 0 Å². The number of aliphatic hydroxyl groups excluding tert-OH is 2. The Kier molecular flexibility index (Phi) is 3.99. The summed E-state index contributed by atoms with van der Waals surface area (Å²) in [6, 6.07) is 0. The van der Waals surface area contributed by atoms with Gasteiger partial charge in [0.1, 0.15) is 6.10 Å². The number of esters is 1. The number of aliphatic hydroxyl groups is 2. The van der Waals surface area contributed by atoms with Gasteiger partial charge in [0.25, 0.3) is 0 Å². The molecule has 4 N–H and O–H groups in total. The normalized spacial score (nSPS) is 14.6. The molecular formula is C9H15N3O4. The molecule has 0 aliphatic carbocycles. The van der Waals surface area contributed by atoms with Crippen molar-refractivity contribution in [3.8, 4) is 0 Å². The minimum atomic E-state index is -1.21. The topological polar surface area (TPSA) is 111 Å². The van der Waals surface area contributed by atoms with Gasteiger partial charge in [0.15, 0.2) is 0 Å². The summed E-state index contributed by atoms with van der Waals surface area (Å²) in [4.78, 5) is 15.1. The summed E-state index contributed by atoms with van der Waals surface area (Å²) < 4.78 is 5.92. The Morgan fingerprint density at radius 1 is 1.69 bits per heavy atom. The quantitative estimate of drug-likeness (QED) is 0.545. The summed E-state index contributed by atoms with van der Waals surface area (Å²) >= 11 is 0. The number of hydrogen-bond acceptors (Lipinski definition) is 6. The predicted molar refractivity (Wildman–Crippen MR) is 54.6 cm³/mol. The van der Waals surface area contributed by atoms with E-state index in [2.05, 4.69) is 9.72 Å². The van der Waals surface area contributed by atoms with E-state index in [9.17, 15) is 15.0 Å². The number of imidazole rings is 1. The Labute approximate surface area is 92.5 Å². The first kappa shape index (κ1) is 12.6. The van der Waals surface area contributed by atoms with E-state index >= 15 is 0 Å². The smallest absolute Gasteiger partial charge is 0.374 e. The van der Waals surface area contributed by atoms with Crippen LogP contribution in [0, 0.1) is 0 Å². The van der Waals surface area contributed by atoms with Crippen LogP contribution < -0.4 is 5.73 Å². The molecule has 2 unspecified atom stereocenters. The highest BCUT2D eigenvalue weighted by Crippen LogP contribution is 2.15. The first-order chi connectivity index (χ1) is 7.51. The number of nitrogens with two attached hydrogens (primary N) is 1. The number of methoxy groups -OCH3 is 1. The maximum atomic E-state index is 11.2. The lowest BCUT2D eigenvalue weighted by atomic mass is 10.1. The number of nitrogens with zero attached hydrogens (tertiary/aromatic N) is 2. The highest BCUT2D eigenvalue weighted by molar-refractivity contribution is 5.85. The average Bonchev–Trinajstić information content (AvgIpc) is 2.68. The Balaban J connectivity index is 2.96. The van der Waals surface area contributed by atoms with Gasteiger partial charge in [0.05, 0.1) is 18.9 Å². The Morgan fingerprint density at radius 3 is 2.81 bits per heavy atom. The molecule has 1 heterocycles. The minimum Gasteiger partial charge on any atom is -0.463 e. The van der Waals surface area contributed by atoms with Gasteiger partial charge in [-0.2, -0.15) is 0 Å². The van der Waals surface area contributed by atoms with Crippen molar-refractivity contribution in [2.24, 2.45) is 12.8 Å². The number of aryl methyl sites for hydroxylation is 1. The van der Waals surface area contributed by atoms with Gasteiger partial charge in [-0.3, -0.25) is 0 Å². The summed E-state index contributed by atoms with van der Waals surface area (Å²) in [5.74, 6) is -0.552. The van der Waals surface area contributed by atoms with Gasteiger partial charge in [0, 0.05) is 19.8 Å². The van der Waals surface area contributed by atoms with Crippen LogP contribution in [-0.4, -0.2) is 45.5 Å². The molecule has 1 aromatic rings. The lowest BCUT2D eigenvalue weighted by Crippen LogP contribution is -2.27. The van der Waals surface area contributed by atoms with Crippen molar-refractivity contribution in [1.29, 1.82) is 0 Å². The molecule has 2 atom stereocenters. The highest BCUT2D eigenvalue weighted by Gasteiger charge is 2.23. The number of aromatic nitrogens is 2. The zero-order valence-electron chi connectivity index (χ0n) is 9.12. The van der Waals surface area contributed by atoms with Crippen LogP contribution in [-0.2, 0) is 11.8 Å². The third-order valence-corrected chi connectivity index (χ3v) is 2.17. The van der Waals surface area contributed by atoms with E-state index in [0.717, 1.165) is 0 Å². The summed E-state index contributed by atoms with van der Waals surface area (Å²) in [5.41, 5.74) is 5.39. The summed E-state index contributed by atoms with van der Waals surface area (Å²) in [6.07, 6.45) is -0.884. The van der Waals surface area contributed by atoms with Crippen LogP contribution in [0.5, 0.6) is 0 Å². The maximum absolute atomic E-state index is 11.2. The summed E-state index contributed by atoms with van der Waals surface area (Å²) in [7, 11) is 2.83. The SMILES string of the molecule is COC(=O)c1nc(C(O)C(O)CN)cn1C. The number of carbonyl (C=O) groups is 1. The molecule has 0 saturated heterocycles. The van der Waals surface area contributed by atoms with Gasteiger partial charge in [-0.05, 0) is 0 Å². The molecule has 0 radical (unpaired) electrons. The minimum absolute atomic E-state index is 0.0563. The molecule has 0 saturated carbocycles. The molecule has 0 fully saturated rings. The van der Waals surface area contributed by atoms with Crippen LogP contribution >= 0.6 is 0 Å². The van der Waals surface area contributed by atoms with E-state index in [-0.39, 0.29) is 18.1 Å². The van der Waals surface area contributed by atoms with E-state index in [0.29, 0.717) is 0 Å². The van der Waals surface area contributed by atoms with Crippen LogP contribution in [0.15, 0.2) is 6.20 Å². The molecule has 1 rings (SSSR count). The largest absolute Gasteiger partial charge is 0.463 e. The molecule has 7 nitrogen and oxygen atoms in total. The third kappa shape index (κ3) is 2.38. The van der Waals surface area contributed by atoms with E-state index < -0.39 is 18.2 Å². The lowest BCUT2D eigenvalue weighted by Gasteiger charge is -2.12. The van der Waals surface area contributed by atoms with Crippen molar-refractivity contribution in [1.82, 2.24) is 9.55 Å². The predicted octanol–water partition coefficient (Wildman–Crippen LogP) is -1.44. The van der Waals surface area contributed by atoms with Crippen molar-refractivity contribution in [3.05, 3.63) is 17.7 Å². The summed E-state index contributed by atoms with van der Waals surface area (Å²) in [6.45, 7) is -0.0920. The van der Waals surface area contributed by atoms with Gasteiger partial charge in [0.2, 0.25) is 5.82 Å². The first-order valence-electron chi connectivity index (χ1n) is 4.69. The van der Waals surface area contributed by atoms with E-state index in [1.54, 1.807) is 7.05 Å². The number of hydrogen-bond donors (Lipinski definition) is 3. The maximum Gasteiger partial charge on any atom is 0.374 e. The molecular weight excluding hydrogens is 214 g/mol. The van der Waals surface area contributed by atoms with E-state index in [4.69, 9.17) is 5.73 Å². The van der Waals surface area contributed by atoms with Crippen LogP contribution in [0.2, 0.25) is 0 Å². The number of rotatable bonds is 4. The average molecular weight is 229 g/mol. The van der Waals surface area contributed by atoms with Crippen molar-refractivity contribution >= 4 is 5.97 Å². The fourth-order valence-corrected chi connectivity index (χ4v) is 1.24.